The molecule has 0 radical (unpaired) electrons. The van der Waals surface area contributed by atoms with Crippen molar-refractivity contribution in [2.45, 2.75) is 33.3 Å². The number of ether oxygens (including phenoxy) is 1. The maximum atomic E-state index is 10.4. The van der Waals surface area contributed by atoms with E-state index in [1.807, 2.05) is 13.8 Å². The molecule has 0 aliphatic rings. The average Bonchev–Trinajstić information content (AvgIpc) is 1.98. The van der Waals surface area contributed by atoms with Gasteiger partial charge in [0, 0.05) is 12.8 Å². The number of aliphatic hydroxyl groups excluding tert-OH is 1. The molecule has 0 saturated heterocycles. The van der Waals surface area contributed by atoms with E-state index in [-0.39, 0.29) is 18.0 Å². The van der Waals surface area contributed by atoms with Crippen LogP contribution in [0.15, 0.2) is 0 Å². The third-order valence-corrected chi connectivity index (χ3v) is 1.62. The topological polar surface area (TPSA) is 46.5 Å². The van der Waals surface area contributed by atoms with Crippen molar-refractivity contribution in [2.75, 3.05) is 6.61 Å². The predicted molar refractivity (Wildman–Crippen MR) is 42.1 cm³/mol. The number of aliphatic hydroxyl groups is 1. The quantitative estimate of drug-likeness (QED) is 0.623. The zero-order valence-corrected chi connectivity index (χ0v) is 7.33. The Bertz CT molecular complexity index is 123. The Labute approximate surface area is 67.4 Å². The maximum absolute atomic E-state index is 10.4. The highest BCUT2D eigenvalue weighted by Gasteiger charge is 2.12. The van der Waals surface area contributed by atoms with E-state index in [0.29, 0.717) is 13.0 Å². The van der Waals surface area contributed by atoms with Crippen molar-refractivity contribution in [3.05, 3.63) is 0 Å². The lowest BCUT2D eigenvalue weighted by Crippen LogP contribution is -2.22. The zero-order chi connectivity index (χ0) is 8.85. The van der Waals surface area contributed by atoms with Gasteiger partial charge in [0.25, 0.3) is 0 Å². The average molecular weight is 160 g/mol. The SMILES string of the molecule is CCC(O)C(C)COC(C)=O. The molecule has 0 bridgehead atoms. The van der Waals surface area contributed by atoms with E-state index < -0.39 is 0 Å². The van der Waals surface area contributed by atoms with E-state index in [0.717, 1.165) is 0 Å². The molecule has 0 spiro atoms. The van der Waals surface area contributed by atoms with Crippen molar-refractivity contribution in [3.8, 4) is 0 Å². The summed E-state index contributed by atoms with van der Waals surface area (Å²) in [5.74, 6) is -0.260. The molecule has 1 N–H and O–H groups in total. The second-order valence-electron chi connectivity index (χ2n) is 2.76. The number of carbonyl (C=O) groups excluding carboxylic acids is 1. The smallest absolute Gasteiger partial charge is 0.302 e. The minimum atomic E-state index is -0.366. The monoisotopic (exact) mass is 160 g/mol. The molecule has 3 heteroatoms. The van der Waals surface area contributed by atoms with E-state index in [1.54, 1.807) is 0 Å². The van der Waals surface area contributed by atoms with E-state index in [9.17, 15) is 9.90 Å². The molecule has 0 saturated carbocycles. The van der Waals surface area contributed by atoms with Crippen molar-refractivity contribution in [1.29, 1.82) is 0 Å². The van der Waals surface area contributed by atoms with Gasteiger partial charge in [0.1, 0.15) is 0 Å². The number of hydrogen-bond donors (Lipinski definition) is 1. The third kappa shape index (κ3) is 4.79. The summed E-state index contributed by atoms with van der Waals surface area (Å²) >= 11 is 0. The molecule has 3 nitrogen and oxygen atoms in total. The molecule has 0 heterocycles. The molecule has 2 unspecified atom stereocenters. The number of esters is 1. The van der Waals surface area contributed by atoms with Crippen LogP contribution in [-0.4, -0.2) is 23.8 Å². The van der Waals surface area contributed by atoms with Crippen molar-refractivity contribution in [1.82, 2.24) is 0 Å². The summed E-state index contributed by atoms with van der Waals surface area (Å²) in [6.07, 6.45) is 0.331. The van der Waals surface area contributed by atoms with E-state index in [1.165, 1.54) is 6.92 Å². The Hall–Kier alpha value is -0.570. The molecule has 0 aromatic rings. The molecular weight excluding hydrogens is 144 g/mol. The summed E-state index contributed by atoms with van der Waals surface area (Å²) in [6, 6.07) is 0. The van der Waals surface area contributed by atoms with E-state index in [2.05, 4.69) is 0 Å². The highest BCUT2D eigenvalue weighted by molar-refractivity contribution is 5.65. The number of carbonyl (C=O) groups is 1. The van der Waals surface area contributed by atoms with Crippen LogP contribution in [0, 0.1) is 5.92 Å². The first-order valence-electron chi connectivity index (χ1n) is 3.89. The molecular formula is C8H16O3. The van der Waals surface area contributed by atoms with Crippen LogP contribution in [-0.2, 0) is 9.53 Å². The van der Waals surface area contributed by atoms with Crippen molar-refractivity contribution in [2.24, 2.45) is 5.92 Å². The highest BCUT2D eigenvalue weighted by Crippen LogP contribution is 2.06. The van der Waals surface area contributed by atoms with Gasteiger partial charge in [0.2, 0.25) is 0 Å². The molecule has 0 aliphatic heterocycles. The molecule has 0 aromatic carbocycles. The molecule has 0 aliphatic carbocycles. The Morgan fingerprint density at radius 3 is 2.55 bits per heavy atom. The Balaban J connectivity index is 3.51. The lowest BCUT2D eigenvalue weighted by Gasteiger charge is -2.16. The summed E-state index contributed by atoms with van der Waals surface area (Å²) in [7, 11) is 0. The number of hydrogen-bond acceptors (Lipinski definition) is 3. The van der Waals surface area contributed by atoms with Gasteiger partial charge in [-0.25, -0.2) is 0 Å². The standard InChI is InChI=1S/C8H16O3/c1-4-8(10)6(2)5-11-7(3)9/h6,8,10H,4-5H2,1-3H3. The van der Waals surface area contributed by atoms with Crippen LogP contribution >= 0.6 is 0 Å². The largest absolute Gasteiger partial charge is 0.465 e. The van der Waals surface area contributed by atoms with Crippen LogP contribution in [0.3, 0.4) is 0 Å². The zero-order valence-electron chi connectivity index (χ0n) is 7.33. The first-order chi connectivity index (χ1) is 5.07. The third-order valence-electron chi connectivity index (χ3n) is 1.62. The normalized spacial score (nSPS) is 15.6. The fourth-order valence-corrected chi connectivity index (χ4v) is 0.762. The molecule has 0 rings (SSSR count). The van der Waals surface area contributed by atoms with E-state index in [4.69, 9.17) is 4.74 Å². The summed E-state index contributed by atoms with van der Waals surface area (Å²) in [6.45, 7) is 5.43. The maximum Gasteiger partial charge on any atom is 0.302 e. The van der Waals surface area contributed by atoms with Gasteiger partial charge in [0.15, 0.2) is 0 Å². The van der Waals surface area contributed by atoms with Gasteiger partial charge in [-0.05, 0) is 6.42 Å². The van der Waals surface area contributed by atoms with Crippen molar-refractivity contribution < 1.29 is 14.6 Å². The molecule has 0 fully saturated rings. The summed E-state index contributed by atoms with van der Waals surface area (Å²) < 4.78 is 4.73. The predicted octanol–water partition coefficient (Wildman–Crippen LogP) is 0.956. The summed E-state index contributed by atoms with van der Waals surface area (Å²) in [5, 5.41) is 9.25. The highest BCUT2D eigenvalue weighted by atomic mass is 16.5. The molecule has 0 amide bonds. The van der Waals surface area contributed by atoms with E-state index >= 15 is 0 Å². The fourth-order valence-electron chi connectivity index (χ4n) is 0.762. The van der Waals surface area contributed by atoms with Crippen molar-refractivity contribution >= 4 is 5.97 Å². The molecule has 66 valence electrons. The second kappa shape index (κ2) is 5.13. The molecule has 11 heavy (non-hydrogen) atoms. The molecule has 0 aromatic heterocycles. The minimum absolute atomic E-state index is 0.0314. The second-order valence-corrected chi connectivity index (χ2v) is 2.76. The van der Waals surface area contributed by atoms with Gasteiger partial charge in [-0.2, -0.15) is 0 Å². The van der Waals surface area contributed by atoms with Gasteiger partial charge in [-0.3, -0.25) is 4.79 Å². The summed E-state index contributed by atoms with van der Waals surface area (Å²) in [5.41, 5.74) is 0. The van der Waals surface area contributed by atoms with Crippen LogP contribution in [0.4, 0.5) is 0 Å². The Morgan fingerprint density at radius 2 is 2.18 bits per heavy atom. The summed E-state index contributed by atoms with van der Waals surface area (Å²) in [4.78, 5) is 10.4. The van der Waals surface area contributed by atoms with Crippen LogP contribution in [0.5, 0.6) is 0 Å². The lowest BCUT2D eigenvalue weighted by molar-refractivity contribution is -0.143. The van der Waals surface area contributed by atoms with Crippen LogP contribution in [0.1, 0.15) is 27.2 Å². The Kier molecular flexibility index (Phi) is 4.86. The van der Waals surface area contributed by atoms with Crippen molar-refractivity contribution in [3.63, 3.8) is 0 Å². The van der Waals surface area contributed by atoms with Crippen LogP contribution in [0.25, 0.3) is 0 Å². The first-order valence-corrected chi connectivity index (χ1v) is 3.89. The Morgan fingerprint density at radius 1 is 1.64 bits per heavy atom. The van der Waals surface area contributed by atoms with Gasteiger partial charge in [-0.1, -0.05) is 13.8 Å². The van der Waals surface area contributed by atoms with Gasteiger partial charge < -0.3 is 9.84 Å². The first kappa shape index (κ1) is 10.4. The molecule has 2 atom stereocenters. The van der Waals surface area contributed by atoms with Gasteiger partial charge in [0.05, 0.1) is 12.7 Å². The van der Waals surface area contributed by atoms with Crippen LogP contribution < -0.4 is 0 Å². The minimum Gasteiger partial charge on any atom is -0.465 e. The van der Waals surface area contributed by atoms with Gasteiger partial charge >= 0.3 is 5.97 Å². The number of rotatable bonds is 4. The lowest BCUT2D eigenvalue weighted by atomic mass is 10.0. The van der Waals surface area contributed by atoms with Crippen LogP contribution in [0.2, 0.25) is 0 Å². The fraction of sp³-hybridized carbons (Fsp3) is 0.875. The van der Waals surface area contributed by atoms with Gasteiger partial charge in [-0.15, -0.1) is 0 Å².